The molecular formula is C25H23ClN2O5. The van der Waals surface area contributed by atoms with Crippen LogP contribution in [0.1, 0.15) is 19.3 Å². The summed E-state index contributed by atoms with van der Waals surface area (Å²) in [5, 5.41) is 5.89. The maximum atomic E-state index is 12.1. The second kappa shape index (κ2) is 12.3. The third-order valence-electron chi connectivity index (χ3n) is 4.41. The highest BCUT2D eigenvalue weighted by atomic mass is 35.5. The molecule has 0 atom stereocenters. The number of hydrogen-bond donors (Lipinski definition) is 2. The minimum Gasteiger partial charge on any atom is -0.456 e. The van der Waals surface area contributed by atoms with Crippen LogP contribution >= 0.6 is 11.6 Å². The highest BCUT2D eigenvalue weighted by molar-refractivity contribution is 6.32. The monoisotopic (exact) mass is 466 g/mol. The SMILES string of the molecule is O=C(CCCC(=O)OCC(=O)Nc1ccccc1)Nc1ccc(Oc2ccccc2Cl)cc1. The maximum absolute atomic E-state index is 12.1. The van der Waals surface area contributed by atoms with Crippen molar-refractivity contribution >= 4 is 40.8 Å². The first-order valence-corrected chi connectivity index (χ1v) is 10.7. The summed E-state index contributed by atoms with van der Waals surface area (Å²) in [4.78, 5) is 35.7. The first kappa shape index (κ1) is 23.8. The van der Waals surface area contributed by atoms with E-state index in [1.165, 1.54) is 0 Å². The fourth-order valence-corrected chi connectivity index (χ4v) is 2.99. The van der Waals surface area contributed by atoms with Crippen molar-refractivity contribution in [3.63, 3.8) is 0 Å². The molecule has 170 valence electrons. The molecule has 0 saturated carbocycles. The Morgan fingerprint density at radius 3 is 2.09 bits per heavy atom. The second-order valence-electron chi connectivity index (χ2n) is 7.03. The molecular weight excluding hydrogens is 444 g/mol. The van der Waals surface area contributed by atoms with Crippen molar-refractivity contribution in [1.82, 2.24) is 0 Å². The number of nitrogens with one attached hydrogen (secondary N) is 2. The maximum Gasteiger partial charge on any atom is 0.306 e. The number of amides is 2. The van der Waals surface area contributed by atoms with E-state index in [4.69, 9.17) is 21.1 Å². The quantitative estimate of drug-likeness (QED) is 0.389. The summed E-state index contributed by atoms with van der Waals surface area (Å²) < 4.78 is 10.6. The number of carbonyl (C=O) groups excluding carboxylic acids is 3. The molecule has 0 bridgehead atoms. The average molecular weight is 467 g/mol. The molecule has 0 aliphatic rings. The molecule has 3 aromatic rings. The zero-order valence-corrected chi connectivity index (χ0v) is 18.5. The van der Waals surface area contributed by atoms with Crippen molar-refractivity contribution in [2.24, 2.45) is 0 Å². The lowest BCUT2D eigenvalue weighted by Crippen LogP contribution is -2.21. The predicted octanol–water partition coefficient (Wildman–Crippen LogP) is 5.42. The van der Waals surface area contributed by atoms with Crippen LogP contribution in [-0.2, 0) is 19.1 Å². The van der Waals surface area contributed by atoms with Crippen LogP contribution in [0.15, 0.2) is 78.9 Å². The number of ether oxygens (including phenoxy) is 2. The van der Waals surface area contributed by atoms with Gasteiger partial charge < -0.3 is 20.1 Å². The third-order valence-corrected chi connectivity index (χ3v) is 4.72. The standard InChI is InChI=1S/C25H23ClN2O5/c26-21-9-4-5-10-22(21)33-20-15-13-19(14-16-20)27-23(29)11-6-12-25(31)32-17-24(30)28-18-7-2-1-3-8-18/h1-5,7-10,13-16H,6,11-12,17H2,(H,27,29)(H,28,30). The number of carbonyl (C=O) groups is 3. The zero-order chi connectivity index (χ0) is 23.5. The average Bonchev–Trinajstić information content (AvgIpc) is 2.81. The summed E-state index contributed by atoms with van der Waals surface area (Å²) >= 11 is 6.08. The molecule has 0 radical (unpaired) electrons. The number of benzene rings is 3. The van der Waals surface area contributed by atoms with E-state index in [2.05, 4.69) is 10.6 Å². The first-order chi connectivity index (χ1) is 16.0. The normalized spacial score (nSPS) is 10.2. The summed E-state index contributed by atoms with van der Waals surface area (Å²) in [6.07, 6.45) is 0.485. The van der Waals surface area contributed by atoms with Gasteiger partial charge in [0.2, 0.25) is 5.91 Å². The molecule has 2 amide bonds. The Morgan fingerprint density at radius 1 is 0.727 bits per heavy atom. The lowest BCUT2D eigenvalue weighted by atomic mass is 10.2. The molecule has 2 N–H and O–H groups in total. The molecule has 0 unspecified atom stereocenters. The van der Waals surface area contributed by atoms with E-state index < -0.39 is 11.9 Å². The van der Waals surface area contributed by atoms with Crippen LogP contribution < -0.4 is 15.4 Å². The van der Waals surface area contributed by atoms with Gasteiger partial charge in [0.15, 0.2) is 6.61 Å². The highest BCUT2D eigenvalue weighted by Gasteiger charge is 2.10. The van der Waals surface area contributed by atoms with Crippen LogP contribution in [0, 0.1) is 0 Å². The van der Waals surface area contributed by atoms with Gasteiger partial charge in [0, 0.05) is 24.2 Å². The van der Waals surface area contributed by atoms with Gasteiger partial charge in [-0.2, -0.15) is 0 Å². The Labute approximate surface area is 196 Å². The number of anilines is 2. The Hall–Kier alpha value is -3.84. The fraction of sp³-hybridized carbons (Fsp3) is 0.160. The summed E-state index contributed by atoms with van der Waals surface area (Å²) in [5.74, 6) is -0.0636. The second-order valence-corrected chi connectivity index (χ2v) is 7.44. The van der Waals surface area contributed by atoms with Crippen molar-refractivity contribution in [3.8, 4) is 11.5 Å². The van der Waals surface area contributed by atoms with Gasteiger partial charge in [0.1, 0.15) is 11.5 Å². The lowest BCUT2D eigenvalue weighted by molar-refractivity contribution is -0.147. The molecule has 0 spiro atoms. The van der Waals surface area contributed by atoms with Gasteiger partial charge in [-0.15, -0.1) is 0 Å². The Morgan fingerprint density at radius 2 is 1.36 bits per heavy atom. The van der Waals surface area contributed by atoms with Crippen LogP contribution in [0.2, 0.25) is 5.02 Å². The van der Waals surface area contributed by atoms with Crippen molar-refractivity contribution in [2.75, 3.05) is 17.2 Å². The van der Waals surface area contributed by atoms with Crippen LogP contribution in [0.5, 0.6) is 11.5 Å². The van der Waals surface area contributed by atoms with Gasteiger partial charge >= 0.3 is 5.97 Å². The molecule has 0 fully saturated rings. The van der Waals surface area contributed by atoms with E-state index in [0.717, 1.165) is 0 Å². The molecule has 0 saturated heterocycles. The van der Waals surface area contributed by atoms with Crippen LogP contribution in [-0.4, -0.2) is 24.4 Å². The van der Waals surface area contributed by atoms with Crippen molar-refractivity contribution in [1.29, 1.82) is 0 Å². The van der Waals surface area contributed by atoms with Gasteiger partial charge in [-0.25, -0.2) is 0 Å². The lowest BCUT2D eigenvalue weighted by Gasteiger charge is -2.09. The van der Waals surface area contributed by atoms with Crippen molar-refractivity contribution < 1.29 is 23.9 Å². The Balaban J connectivity index is 1.33. The number of para-hydroxylation sites is 2. The molecule has 3 rings (SSSR count). The van der Waals surface area contributed by atoms with Gasteiger partial charge in [-0.3, -0.25) is 14.4 Å². The van der Waals surface area contributed by atoms with E-state index in [0.29, 0.717) is 34.3 Å². The van der Waals surface area contributed by atoms with E-state index in [1.54, 1.807) is 60.7 Å². The Kier molecular flexibility index (Phi) is 8.85. The molecule has 0 aliphatic heterocycles. The topological polar surface area (TPSA) is 93.7 Å². The number of rotatable bonds is 10. The summed E-state index contributed by atoms with van der Waals surface area (Å²) in [7, 11) is 0. The largest absolute Gasteiger partial charge is 0.456 e. The Bertz CT molecular complexity index is 1090. The van der Waals surface area contributed by atoms with Crippen molar-refractivity contribution in [2.45, 2.75) is 19.3 Å². The van der Waals surface area contributed by atoms with E-state index in [-0.39, 0.29) is 25.4 Å². The van der Waals surface area contributed by atoms with E-state index in [1.807, 2.05) is 18.2 Å². The molecule has 0 heterocycles. The molecule has 33 heavy (non-hydrogen) atoms. The third kappa shape index (κ3) is 8.31. The van der Waals surface area contributed by atoms with Crippen LogP contribution in [0.4, 0.5) is 11.4 Å². The van der Waals surface area contributed by atoms with Gasteiger partial charge in [-0.1, -0.05) is 41.9 Å². The first-order valence-electron chi connectivity index (χ1n) is 10.3. The van der Waals surface area contributed by atoms with Crippen LogP contribution in [0.3, 0.4) is 0 Å². The number of esters is 1. The minimum atomic E-state index is -0.535. The van der Waals surface area contributed by atoms with Crippen LogP contribution in [0.25, 0.3) is 0 Å². The molecule has 8 heteroatoms. The minimum absolute atomic E-state index is 0.0383. The summed E-state index contributed by atoms with van der Waals surface area (Å²) in [5.41, 5.74) is 1.23. The number of hydrogen-bond acceptors (Lipinski definition) is 5. The van der Waals surface area contributed by atoms with Gasteiger partial charge in [-0.05, 0) is 55.0 Å². The smallest absolute Gasteiger partial charge is 0.306 e. The fourth-order valence-electron chi connectivity index (χ4n) is 2.81. The van der Waals surface area contributed by atoms with E-state index in [9.17, 15) is 14.4 Å². The molecule has 0 aliphatic carbocycles. The van der Waals surface area contributed by atoms with Crippen molar-refractivity contribution in [3.05, 3.63) is 83.9 Å². The number of halogens is 1. The zero-order valence-electron chi connectivity index (χ0n) is 17.8. The molecule has 3 aromatic carbocycles. The molecule has 0 aromatic heterocycles. The molecule has 7 nitrogen and oxygen atoms in total. The van der Waals surface area contributed by atoms with Gasteiger partial charge in [0.05, 0.1) is 5.02 Å². The highest BCUT2D eigenvalue weighted by Crippen LogP contribution is 2.29. The predicted molar refractivity (Wildman–Crippen MR) is 126 cm³/mol. The summed E-state index contributed by atoms with van der Waals surface area (Å²) in [6, 6.07) is 22.9. The summed E-state index contributed by atoms with van der Waals surface area (Å²) in [6.45, 7) is -0.372. The van der Waals surface area contributed by atoms with Gasteiger partial charge in [0.25, 0.3) is 5.91 Å². The van der Waals surface area contributed by atoms with E-state index >= 15 is 0 Å².